The summed E-state index contributed by atoms with van der Waals surface area (Å²) in [6, 6.07) is 6.47. The van der Waals surface area contributed by atoms with Crippen molar-refractivity contribution in [1.82, 2.24) is 9.80 Å². The van der Waals surface area contributed by atoms with Gasteiger partial charge in [-0.25, -0.2) is 0 Å². The molecule has 1 amide bonds. The topological polar surface area (TPSA) is 70.1 Å². The second-order valence-corrected chi connectivity index (χ2v) is 7.88. The van der Waals surface area contributed by atoms with Gasteiger partial charge >= 0.3 is 0 Å². The summed E-state index contributed by atoms with van der Waals surface area (Å²) in [4.78, 5) is 16.0. The van der Waals surface area contributed by atoms with Crippen molar-refractivity contribution in [1.29, 1.82) is 0 Å². The van der Waals surface area contributed by atoms with Gasteiger partial charge in [-0.2, -0.15) is 8.42 Å². The van der Waals surface area contributed by atoms with Gasteiger partial charge in [-0.1, -0.05) is 17.7 Å². The number of thioether (sulfide) groups is 1. The van der Waals surface area contributed by atoms with Gasteiger partial charge in [-0.05, 0) is 37.7 Å². The smallest absolute Gasteiger partial charge is 0.284 e. The molecule has 0 N–H and O–H groups in total. The number of benzene rings is 1. The summed E-state index contributed by atoms with van der Waals surface area (Å²) in [7, 11) is -0.245. The summed E-state index contributed by atoms with van der Waals surface area (Å²) >= 11 is 1.07. The number of carbonyl (C=O) groups excluding carboxylic acids is 1. The van der Waals surface area contributed by atoms with Gasteiger partial charge < -0.3 is 4.90 Å². The molecule has 1 aliphatic heterocycles. The van der Waals surface area contributed by atoms with E-state index in [0.29, 0.717) is 11.4 Å². The molecule has 0 atom stereocenters. The maximum atomic E-state index is 12.4. The van der Waals surface area contributed by atoms with Crippen LogP contribution in [0.3, 0.4) is 0 Å². The molecule has 1 aromatic carbocycles. The summed E-state index contributed by atoms with van der Waals surface area (Å²) in [6.07, 6.45) is 1.66. The fourth-order valence-electron chi connectivity index (χ4n) is 1.95. The first-order valence-corrected chi connectivity index (χ1v) is 9.30. The molecule has 1 aliphatic rings. The largest absolute Gasteiger partial charge is 0.382 e. The highest BCUT2D eigenvalue weighted by Gasteiger charge is 2.34. The van der Waals surface area contributed by atoms with Crippen LogP contribution in [0.4, 0.5) is 0 Å². The zero-order valence-electron chi connectivity index (χ0n) is 13.5. The second kappa shape index (κ2) is 6.76. The molecule has 2 rings (SSSR count). The molecule has 0 aliphatic carbocycles. The van der Waals surface area contributed by atoms with Gasteiger partial charge in [0.1, 0.15) is 0 Å². The van der Waals surface area contributed by atoms with Crippen molar-refractivity contribution in [2.24, 2.45) is 4.40 Å². The molecule has 0 aromatic heterocycles. The molecule has 6 nitrogen and oxygen atoms in total. The third-order valence-corrected chi connectivity index (χ3v) is 5.49. The van der Waals surface area contributed by atoms with Crippen LogP contribution in [-0.2, 0) is 14.8 Å². The molecule has 0 unspecified atom stereocenters. The molecule has 1 saturated heterocycles. The summed E-state index contributed by atoms with van der Waals surface area (Å²) in [5.41, 5.74) is 0.966. The molecule has 23 heavy (non-hydrogen) atoms. The number of aryl methyl sites for hydroxylation is 1. The third kappa shape index (κ3) is 3.94. The molecule has 1 fully saturated rings. The Labute approximate surface area is 140 Å². The molecular formula is C15H19N3O3S2. The zero-order chi connectivity index (χ0) is 17.2. The van der Waals surface area contributed by atoms with Crippen LogP contribution in [0.25, 0.3) is 0 Å². The maximum Gasteiger partial charge on any atom is 0.284 e. The quantitative estimate of drug-likeness (QED) is 0.775. The molecule has 0 saturated carbocycles. The normalized spacial score (nSPS) is 19.0. The fourth-order valence-corrected chi connectivity index (χ4v) is 4.26. The van der Waals surface area contributed by atoms with Crippen molar-refractivity contribution in [2.75, 3.05) is 20.6 Å². The Morgan fingerprint density at radius 3 is 2.39 bits per heavy atom. The van der Waals surface area contributed by atoms with Crippen LogP contribution in [0.5, 0.6) is 0 Å². The number of amides is 1. The fraction of sp³-hybridized carbons (Fsp3) is 0.333. The van der Waals surface area contributed by atoms with Gasteiger partial charge in [0.15, 0.2) is 5.17 Å². The van der Waals surface area contributed by atoms with E-state index in [1.54, 1.807) is 44.3 Å². The number of rotatable bonds is 4. The van der Waals surface area contributed by atoms with Crippen LogP contribution in [0, 0.1) is 6.92 Å². The average molecular weight is 353 g/mol. The van der Waals surface area contributed by atoms with E-state index in [-0.39, 0.29) is 16.0 Å². The lowest BCUT2D eigenvalue weighted by Gasteiger charge is -2.12. The number of hydrogen-bond donors (Lipinski definition) is 0. The number of likely N-dealkylation sites (N-methyl/N-ethyl adjacent to an activating group) is 1. The second-order valence-electron chi connectivity index (χ2n) is 5.27. The highest BCUT2D eigenvalue weighted by Crippen LogP contribution is 2.32. The van der Waals surface area contributed by atoms with E-state index in [1.807, 2.05) is 6.92 Å². The first-order valence-electron chi connectivity index (χ1n) is 7.04. The van der Waals surface area contributed by atoms with Crippen molar-refractivity contribution >= 4 is 32.9 Å². The van der Waals surface area contributed by atoms with Gasteiger partial charge in [0, 0.05) is 26.8 Å². The SMILES string of the molecule is CCN1C(=O)/C(=C\N(C)C)S/C1=N\S(=O)(=O)c1ccc(C)cc1. The standard InChI is InChI=1S/C15H19N3O3S2/c1-5-18-14(19)13(10-17(3)4)22-15(18)16-23(20,21)12-8-6-11(2)7-9-12/h6-10H,5H2,1-4H3/b13-10+,16-15-. The summed E-state index contributed by atoms with van der Waals surface area (Å²) < 4.78 is 28.7. The molecule has 0 bridgehead atoms. The molecule has 0 radical (unpaired) electrons. The lowest BCUT2D eigenvalue weighted by molar-refractivity contribution is -0.122. The Morgan fingerprint density at radius 1 is 1.26 bits per heavy atom. The van der Waals surface area contributed by atoms with Crippen LogP contribution < -0.4 is 0 Å². The van der Waals surface area contributed by atoms with Gasteiger partial charge in [0.2, 0.25) is 0 Å². The van der Waals surface area contributed by atoms with Crippen molar-refractivity contribution in [2.45, 2.75) is 18.7 Å². The molecule has 8 heteroatoms. The highest BCUT2D eigenvalue weighted by molar-refractivity contribution is 8.19. The van der Waals surface area contributed by atoms with E-state index in [4.69, 9.17) is 0 Å². The predicted molar refractivity (Wildman–Crippen MR) is 92.5 cm³/mol. The molecule has 0 spiro atoms. The summed E-state index contributed by atoms with van der Waals surface area (Å²) in [5.74, 6) is -0.232. The molecule has 1 heterocycles. The molecular weight excluding hydrogens is 334 g/mol. The van der Waals surface area contributed by atoms with Crippen LogP contribution in [0.2, 0.25) is 0 Å². The molecule has 124 valence electrons. The van der Waals surface area contributed by atoms with Gasteiger partial charge in [-0.15, -0.1) is 4.40 Å². The highest BCUT2D eigenvalue weighted by atomic mass is 32.2. The summed E-state index contributed by atoms with van der Waals surface area (Å²) in [5, 5.41) is 0.186. The average Bonchev–Trinajstić information content (AvgIpc) is 2.73. The minimum absolute atomic E-state index is 0.116. The number of carbonyl (C=O) groups is 1. The maximum absolute atomic E-state index is 12.4. The van der Waals surface area contributed by atoms with E-state index >= 15 is 0 Å². The first-order chi connectivity index (χ1) is 10.7. The minimum Gasteiger partial charge on any atom is -0.382 e. The number of hydrogen-bond acceptors (Lipinski definition) is 5. The van der Waals surface area contributed by atoms with Crippen molar-refractivity contribution < 1.29 is 13.2 Å². The van der Waals surface area contributed by atoms with E-state index in [2.05, 4.69) is 4.40 Å². The van der Waals surface area contributed by atoms with Crippen LogP contribution in [-0.4, -0.2) is 49.9 Å². The Bertz CT molecular complexity index is 766. The van der Waals surface area contributed by atoms with E-state index < -0.39 is 10.0 Å². The Morgan fingerprint density at radius 2 is 1.87 bits per heavy atom. The predicted octanol–water partition coefficient (Wildman–Crippen LogP) is 2.04. The van der Waals surface area contributed by atoms with Crippen molar-refractivity contribution in [3.05, 3.63) is 40.9 Å². The summed E-state index contributed by atoms with van der Waals surface area (Å²) in [6.45, 7) is 4.02. The number of nitrogens with zero attached hydrogens (tertiary/aromatic N) is 3. The lowest BCUT2D eigenvalue weighted by Crippen LogP contribution is -2.29. The first kappa shape index (κ1) is 17.6. The van der Waals surface area contributed by atoms with Gasteiger partial charge in [0.25, 0.3) is 15.9 Å². The van der Waals surface area contributed by atoms with Crippen LogP contribution in [0.1, 0.15) is 12.5 Å². The number of sulfonamides is 1. The molecule has 1 aromatic rings. The van der Waals surface area contributed by atoms with Crippen molar-refractivity contribution in [3.8, 4) is 0 Å². The monoisotopic (exact) mass is 353 g/mol. The number of amidine groups is 1. The minimum atomic E-state index is -3.85. The van der Waals surface area contributed by atoms with Gasteiger partial charge in [-0.3, -0.25) is 9.69 Å². The Balaban J connectivity index is 2.41. The van der Waals surface area contributed by atoms with E-state index in [1.165, 1.54) is 17.0 Å². The van der Waals surface area contributed by atoms with E-state index in [9.17, 15) is 13.2 Å². The van der Waals surface area contributed by atoms with Crippen LogP contribution >= 0.6 is 11.8 Å². The Hall–Kier alpha value is -1.80. The van der Waals surface area contributed by atoms with E-state index in [0.717, 1.165) is 17.3 Å². The van der Waals surface area contributed by atoms with Gasteiger partial charge in [0.05, 0.1) is 9.80 Å². The third-order valence-electron chi connectivity index (χ3n) is 3.10. The lowest BCUT2D eigenvalue weighted by atomic mass is 10.2. The van der Waals surface area contributed by atoms with Crippen molar-refractivity contribution in [3.63, 3.8) is 0 Å². The Kier molecular flexibility index (Phi) is 5.16. The van der Waals surface area contributed by atoms with Crippen LogP contribution in [0.15, 0.2) is 44.7 Å². The zero-order valence-corrected chi connectivity index (χ0v) is 15.1.